The Hall–Kier alpha value is 0.0874. The van der Waals surface area contributed by atoms with Gasteiger partial charge in [0.05, 0.1) is 0 Å². The predicted molar refractivity (Wildman–Crippen MR) is 67.4 cm³/mol. The number of ether oxygens (including phenoxy) is 2. The standard InChI is InChI=1S/C9H8O3.2CH3.2Sn/c1-11-8-4-3-7(6-10)5-9(8)12-2;;;;/h5-6H,1-2H3;2*1H3;;. The Morgan fingerprint density at radius 3 is 2.12 bits per heavy atom. The first-order valence-corrected chi connectivity index (χ1v) is 13.4. The van der Waals surface area contributed by atoms with E-state index in [1.54, 1.807) is 14.2 Å². The van der Waals surface area contributed by atoms with Crippen LogP contribution in [0, 0.1) is 0 Å². The van der Waals surface area contributed by atoms with Crippen molar-refractivity contribution in [2.75, 3.05) is 14.2 Å². The zero-order valence-corrected chi connectivity index (χ0v) is 15.6. The average molecular weight is 432 g/mol. The molecule has 4 radical (unpaired) electrons. The van der Waals surface area contributed by atoms with Gasteiger partial charge < -0.3 is 0 Å². The number of rotatable bonds is 5. The van der Waals surface area contributed by atoms with Gasteiger partial charge in [0.25, 0.3) is 0 Å². The minimum absolute atomic E-state index is 0.642. The Balaban J connectivity index is 3.54. The molecule has 0 atom stereocenters. The van der Waals surface area contributed by atoms with Gasteiger partial charge >= 0.3 is 117 Å². The molecule has 0 amide bonds. The Kier molecular flexibility index (Phi) is 5.95. The number of benzene rings is 1. The first-order chi connectivity index (χ1) is 7.73. The van der Waals surface area contributed by atoms with Gasteiger partial charge in [-0.25, -0.2) is 0 Å². The van der Waals surface area contributed by atoms with Crippen molar-refractivity contribution in [1.29, 1.82) is 0 Å². The van der Waals surface area contributed by atoms with Crippen molar-refractivity contribution in [2.45, 2.75) is 9.88 Å². The Labute approximate surface area is 116 Å². The summed E-state index contributed by atoms with van der Waals surface area (Å²) in [5, 5.41) is 0. The molecule has 0 aliphatic heterocycles. The van der Waals surface area contributed by atoms with Crippen LogP contribution in [0.15, 0.2) is 6.07 Å². The van der Waals surface area contributed by atoms with Crippen LogP contribution in [0.2, 0.25) is 9.88 Å². The van der Waals surface area contributed by atoms with Crippen LogP contribution in [0.3, 0.4) is 0 Å². The van der Waals surface area contributed by atoms with Crippen molar-refractivity contribution in [3.63, 3.8) is 0 Å². The van der Waals surface area contributed by atoms with Gasteiger partial charge in [0.15, 0.2) is 0 Å². The third kappa shape index (κ3) is 2.67. The van der Waals surface area contributed by atoms with E-state index in [-0.39, 0.29) is 0 Å². The van der Waals surface area contributed by atoms with Crippen molar-refractivity contribution in [3.8, 4) is 11.5 Å². The fraction of sp³-hybridized carbons (Fsp3) is 0.364. The monoisotopic (exact) mass is 434 g/mol. The fourth-order valence-corrected chi connectivity index (χ4v) is 11.1. The number of hydrogen-bond donors (Lipinski definition) is 0. The van der Waals surface area contributed by atoms with E-state index in [9.17, 15) is 4.79 Å². The van der Waals surface area contributed by atoms with Crippen LogP contribution in [0.25, 0.3) is 0 Å². The summed E-state index contributed by atoms with van der Waals surface area (Å²) in [4.78, 5) is 15.5. The molecule has 84 valence electrons. The van der Waals surface area contributed by atoms with Crippen molar-refractivity contribution in [3.05, 3.63) is 11.6 Å². The van der Waals surface area contributed by atoms with Gasteiger partial charge in [-0.05, 0) is 0 Å². The molecule has 3 nitrogen and oxygen atoms in total. The van der Waals surface area contributed by atoms with Gasteiger partial charge in [0.2, 0.25) is 0 Å². The molecule has 1 aromatic rings. The predicted octanol–water partition coefficient (Wildman–Crippen LogP) is 0.272. The van der Waals surface area contributed by atoms with E-state index in [0.717, 1.165) is 17.6 Å². The average Bonchev–Trinajstić information content (AvgIpc) is 2.35. The fourth-order valence-electron chi connectivity index (χ4n) is 1.62. The Morgan fingerprint density at radius 1 is 1.12 bits per heavy atom. The van der Waals surface area contributed by atoms with Crippen molar-refractivity contribution >= 4 is 55.7 Å². The number of aldehydes is 1. The van der Waals surface area contributed by atoms with E-state index in [1.165, 1.54) is 7.16 Å². The molecular formula is C11H14O3Sn2. The molecule has 0 heterocycles. The SMILES string of the molecule is COc1cc(C=O)[c]([Sn][CH3])[c]([Sn][CH3])c1OC. The molecule has 0 N–H and O–H groups in total. The summed E-state index contributed by atoms with van der Waals surface area (Å²) >= 11 is -1.29. The van der Waals surface area contributed by atoms with Gasteiger partial charge in [-0.1, -0.05) is 0 Å². The Morgan fingerprint density at radius 2 is 1.75 bits per heavy atom. The summed E-state index contributed by atoms with van der Waals surface area (Å²) in [5.41, 5.74) is 0.810. The summed E-state index contributed by atoms with van der Waals surface area (Å²) in [7, 11) is 3.28. The maximum atomic E-state index is 11.1. The van der Waals surface area contributed by atoms with Gasteiger partial charge in [-0.15, -0.1) is 0 Å². The quantitative estimate of drug-likeness (QED) is 0.496. The van der Waals surface area contributed by atoms with E-state index in [4.69, 9.17) is 9.47 Å². The summed E-state index contributed by atoms with van der Waals surface area (Å²) in [6, 6.07) is 1.81. The third-order valence-electron chi connectivity index (χ3n) is 2.33. The topological polar surface area (TPSA) is 35.5 Å². The second kappa shape index (κ2) is 6.73. The molecule has 0 fully saturated rings. The molecule has 0 unspecified atom stereocenters. The van der Waals surface area contributed by atoms with E-state index in [0.29, 0.717) is 5.75 Å². The molecule has 5 heteroatoms. The maximum absolute atomic E-state index is 11.1. The second-order valence-electron chi connectivity index (χ2n) is 3.07. The molecule has 1 rings (SSSR count). The number of carbonyl (C=O) groups is 1. The molecule has 0 aliphatic rings. The molecule has 0 bridgehead atoms. The van der Waals surface area contributed by atoms with Crippen LogP contribution in [-0.2, 0) is 0 Å². The molecular weight excluding hydrogens is 418 g/mol. The van der Waals surface area contributed by atoms with Crippen LogP contribution in [0.1, 0.15) is 10.4 Å². The van der Waals surface area contributed by atoms with Crippen LogP contribution >= 0.6 is 0 Å². The minimum atomic E-state index is -0.649. The summed E-state index contributed by atoms with van der Waals surface area (Å²) < 4.78 is 13.3. The first kappa shape index (κ1) is 14.1. The second-order valence-corrected chi connectivity index (χ2v) is 8.78. The van der Waals surface area contributed by atoms with Crippen LogP contribution < -0.4 is 16.6 Å². The van der Waals surface area contributed by atoms with Gasteiger partial charge in [0, 0.05) is 0 Å². The normalized spacial score (nSPS) is 10.0. The zero-order chi connectivity index (χ0) is 12.1. The summed E-state index contributed by atoms with van der Waals surface area (Å²) in [6.07, 6.45) is 0.945. The van der Waals surface area contributed by atoms with Crippen LogP contribution in [-0.4, -0.2) is 62.8 Å². The van der Waals surface area contributed by atoms with Crippen LogP contribution in [0.4, 0.5) is 0 Å². The number of methoxy groups -OCH3 is 2. The molecule has 0 aromatic heterocycles. The molecule has 0 aliphatic carbocycles. The van der Waals surface area contributed by atoms with Gasteiger partial charge in [0.1, 0.15) is 0 Å². The van der Waals surface area contributed by atoms with E-state index in [1.807, 2.05) is 6.07 Å². The number of hydrogen-bond acceptors (Lipinski definition) is 3. The van der Waals surface area contributed by atoms with E-state index >= 15 is 0 Å². The molecule has 16 heavy (non-hydrogen) atoms. The van der Waals surface area contributed by atoms with Crippen molar-refractivity contribution in [1.82, 2.24) is 0 Å². The van der Waals surface area contributed by atoms with Gasteiger partial charge in [-0.2, -0.15) is 0 Å². The van der Waals surface area contributed by atoms with E-state index < -0.39 is 42.3 Å². The molecule has 0 saturated carbocycles. The molecule has 0 spiro atoms. The first-order valence-electron chi connectivity index (χ1n) is 4.83. The Bertz CT molecular complexity index is 391. The van der Waals surface area contributed by atoms with Crippen LogP contribution in [0.5, 0.6) is 11.5 Å². The third-order valence-corrected chi connectivity index (χ3v) is 10.1. The number of carbonyl (C=O) groups excluding carboxylic acids is 1. The zero-order valence-electron chi connectivity index (χ0n) is 9.88. The van der Waals surface area contributed by atoms with Gasteiger partial charge in [-0.3, -0.25) is 0 Å². The molecule has 1 aromatic carbocycles. The summed E-state index contributed by atoms with van der Waals surface area (Å²) in [6.45, 7) is 0. The van der Waals surface area contributed by atoms with Crippen molar-refractivity contribution in [2.24, 2.45) is 0 Å². The van der Waals surface area contributed by atoms with E-state index in [2.05, 4.69) is 9.88 Å². The van der Waals surface area contributed by atoms with Crippen molar-refractivity contribution < 1.29 is 14.3 Å². The molecule has 0 saturated heterocycles. The summed E-state index contributed by atoms with van der Waals surface area (Å²) in [5.74, 6) is 1.55.